The van der Waals surface area contributed by atoms with E-state index in [0.717, 1.165) is 19.3 Å². The fraction of sp³-hybridized carbons (Fsp3) is 0.909. The van der Waals surface area contributed by atoms with Crippen LogP contribution < -0.4 is 4.72 Å². The van der Waals surface area contributed by atoms with E-state index in [2.05, 4.69) is 4.72 Å². The first-order valence-corrected chi connectivity index (χ1v) is 7.79. The minimum atomic E-state index is -3.29. The van der Waals surface area contributed by atoms with Gasteiger partial charge >= 0.3 is 0 Å². The van der Waals surface area contributed by atoms with Crippen LogP contribution in [0.2, 0.25) is 0 Å². The van der Waals surface area contributed by atoms with Gasteiger partial charge in [0.2, 0.25) is 15.9 Å². The van der Waals surface area contributed by atoms with Crippen molar-refractivity contribution in [2.24, 2.45) is 0 Å². The predicted octanol–water partition coefficient (Wildman–Crippen LogP) is 0.964. The average Bonchev–Trinajstić information content (AvgIpc) is 2.30. The number of hydrogen-bond acceptors (Lipinski definition) is 3. The van der Waals surface area contributed by atoms with Gasteiger partial charge < -0.3 is 4.90 Å². The van der Waals surface area contributed by atoms with Crippen LogP contribution in [0.4, 0.5) is 0 Å². The molecule has 0 bridgehead atoms. The van der Waals surface area contributed by atoms with E-state index in [4.69, 9.17) is 0 Å². The van der Waals surface area contributed by atoms with Gasteiger partial charge in [-0.05, 0) is 12.8 Å². The molecule has 17 heavy (non-hydrogen) atoms. The highest BCUT2D eigenvalue weighted by Gasteiger charge is 2.13. The van der Waals surface area contributed by atoms with Gasteiger partial charge in [0.1, 0.15) is 0 Å². The van der Waals surface area contributed by atoms with Crippen molar-refractivity contribution in [2.75, 3.05) is 25.9 Å². The van der Waals surface area contributed by atoms with Gasteiger partial charge in [-0.2, -0.15) is 0 Å². The molecule has 5 nitrogen and oxygen atoms in total. The molecule has 6 heteroatoms. The molecule has 0 aromatic heterocycles. The van der Waals surface area contributed by atoms with E-state index in [1.165, 1.54) is 0 Å². The standard InChI is InChI=1S/C11H24N2O3S/c1-4-6-8-13(3)11(14)10-12-17(15,16)9-7-5-2/h12H,4-10H2,1-3H3. The van der Waals surface area contributed by atoms with Gasteiger partial charge in [0.25, 0.3) is 0 Å². The lowest BCUT2D eigenvalue weighted by Gasteiger charge is -2.16. The predicted molar refractivity (Wildman–Crippen MR) is 69.2 cm³/mol. The SMILES string of the molecule is CCCCN(C)C(=O)CNS(=O)(=O)CCCC. The Balaban J connectivity index is 3.97. The molecule has 0 aromatic carbocycles. The second kappa shape index (κ2) is 8.47. The zero-order valence-corrected chi connectivity index (χ0v) is 11.8. The van der Waals surface area contributed by atoms with Gasteiger partial charge in [-0.1, -0.05) is 26.7 Å². The molecule has 1 amide bonds. The highest BCUT2D eigenvalue weighted by Crippen LogP contribution is 1.95. The molecule has 0 fully saturated rings. The Labute approximate surface area is 105 Å². The highest BCUT2D eigenvalue weighted by atomic mass is 32.2. The maximum Gasteiger partial charge on any atom is 0.237 e. The third-order valence-electron chi connectivity index (χ3n) is 2.48. The lowest BCUT2D eigenvalue weighted by atomic mass is 10.3. The van der Waals surface area contributed by atoms with Crippen molar-refractivity contribution in [3.8, 4) is 0 Å². The van der Waals surface area contributed by atoms with Crippen molar-refractivity contribution < 1.29 is 13.2 Å². The minimum absolute atomic E-state index is 0.0927. The Morgan fingerprint density at radius 3 is 2.29 bits per heavy atom. The number of nitrogens with one attached hydrogen (secondary N) is 1. The summed E-state index contributed by atoms with van der Waals surface area (Å²) in [5.41, 5.74) is 0. The van der Waals surface area contributed by atoms with E-state index < -0.39 is 10.0 Å². The summed E-state index contributed by atoms with van der Waals surface area (Å²) < 4.78 is 25.2. The summed E-state index contributed by atoms with van der Waals surface area (Å²) in [7, 11) is -1.60. The molecule has 0 saturated heterocycles. The Morgan fingerprint density at radius 2 is 1.76 bits per heavy atom. The Bertz CT molecular complexity index is 315. The van der Waals surface area contributed by atoms with E-state index in [-0.39, 0.29) is 18.2 Å². The summed E-state index contributed by atoms with van der Waals surface area (Å²) in [5.74, 6) is -0.0892. The second-order valence-corrected chi connectivity index (χ2v) is 6.09. The molecule has 102 valence electrons. The van der Waals surface area contributed by atoms with Crippen LogP contribution in [-0.2, 0) is 14.8 Å². The van der Waals surface area contributed by atoms with Crippen LogP contribution in [0.1, 0.15) is 39.5 Å². The molecule has 0 aromatic rings. The molecule has 0 atom stereocenters. The number of carbonyl (C=O) groups is 1. The van der Waals surface area contributed by atoms with E-state index in [1.807, 2.05) is 13.8 Å². The van der Waals surface area contributed by atoms with Gasteiger partial charge in [0.05, 0.1) is 12.3 Å². The van der Waals surface area contributed by atoms with Crippen molar-refractivity contribution >= 4 is 15.9 Å². The molecule has 0 aliphatic carbocycles. The first kappa shape index (κ1) is 16.4. The summed E-state index contributed by atoms with van der Waals surface area (Å²) in [6.45, 7) is 4.52. The van der Waals surface area contributed by atoms with Crippen LogP contribution in [0.5, 0.6) is 0 Å². The Morgan fingerprint density at radius 1 is 1.18 bits per heavy atom. The summed E-state index contributed by atoms with van der Waals surface area (Å²) >= 11 is 0. The minimum Gasteiger partial charge on any atom is -0.345 e. The monoisotopic (exact) mass is 264 g/mol. The summed E-state index contributed by atoms with van der Waals surface area (Å²) in [5, 5.41) is 0. The van der Waals surface area contributed by atoms with Gasteiger partial charge in [0.15, 0.2) is 0 Å². The van der Waals surface area contributed by atoms with Crippen LogP contribution in [-0.4, -0.2) is 45.1 Å². The third-order valence-corrected chi connectivity index (χ3v) is 3.89. The Kier molecular flexibility index (Phi) is 8.16. The first-order valence-electron chi connectivity index (χ1n) is 6.14. The number of sulfonamides is 1. The Hall–Kier alpha value is -0.620. The molecule has 0 heterocycles. The number of amides is 1. The summed E-state index contributed by atoms with van der Waals surface area (Å²) in [6.07, 6.45) is 3.39. The highest BCUT2D eigenvalue weighted by molar-refractivity contribution is 7.89. The molecule has 0 aliphatic heterocycles. The summed E-state index contributed by atoms with van der Waals surface area (Å²) in [6, 6.07) is 0. The lowest BCUT2D eigenvalue weighted by molar-refractivity contribution is -0.128. The number of nitrogens with zero attached hydrogens (tertiary/aromatic N) is 1. The number of unbranched alkanes of at least 4 members (excludes halogenated alkanes) is 2. The van der Waals surface area contributed by atoms with E-state index >= 15 is 0 Å². The van der Waals surface area contributed by atoms with Gasteiger partial charge in [-0.25, -0.2) is 13.1 Å². The zero-order valence-electron chi connectivity index (χ0n) is 11.0. The molecule has 0 unspecified atom stereocenters. The van der Waals surface area contributed by atoms with Gasteiger partial charge in [-0.3, -0.25) is 4.79 Å². The molecule has 1 N–H and O–H groups in total. The van der Waals surface area contributed by atoms with Gasteiger partial charge in [0, 0.05) is 13.6 Å². The second-order valence-electron chi connectivity index (χ2n) is 4.16. The lowest BCUT2D eigenvalue weighted by Crippen LogP contribution is -2.39. The molecule has 0 aliphatic rings. The molecular formula is C11H24N2O3S. The molecule has 0 saturated carbocycles. The molecule has 0 spiro atoms. The van der Waals surface area contributed by atoms with Crippen molar-refractivity contribution in [1.29, 1.82) is 0 Å². The summed E-state index contributed by atoms with van der Waals surface area (Å²) in [4.78, 5) is 13.1. The third kappa shape index (κ3) is 8.15. The average molecular weight is 264 g/mol. The maximum absolute atomic E-state index is 11.6. The smallest absolute Gasteiger partial charge is 0.237 e. The quantitative estimate of drug-likeness (QED) is 0.674. The van der Waals surface area contributed by atoms with Crippen molar-refractivity contribution in [3.63, 3.8) is 0 Å². The van der Waals surface area contributed by atoms with Gasteiger partial charge in [-0.15, -0.1) is 0 Å². The molecule has 0 rings (SSSR count). The maximum atomic E-state index is 11.6. The first-order chi connectivity index (χ1) is 7.93. The van der Waals surface area contributed by atoms with Crippen LogP contribution >= 0.6 is 0 Å². The van der Waals surface area contributed by atoms with Crippen LogP contribution in [0.25, 0.3) is 0 Å². The normalized spacial score (nSPS) is 11.5. The van der Waals surface area contributed by atoms with Crippen molar-refractivity contribution in [1.82, 2.24) is 9.62 Å². The van der Waals surface area contributed by atoms with Crippen LogP contribution in [0.15, 0.2) is 0 Å². The number of rotatable bonds is 9. The fourth-order valence-corrected chi connectivity index (χ4v) is 2.39. The van der Waals surface area contributed by atoms with E-state index in [9.17, 15) is 13.2 Å². The zero-order chi connectivity index (χ0) is 13.3. The van der Waals surface area contributed by atoms with Crippen LogP contribution in [0, 0.1) is 0 Å². The van der Waals surface area contributed by atoms with Crippen LogP contribution in [0.3, 0.4) is 0 Å². The van der Waals surface area contributed by atoms with Crippen molar-refractivity contribution in [3.05, 3.63) is 0 Å². The topological polar surface area (TPSA) is 66.5 Å². The fourth-order valence-electron chi connectivity index (χ4n) is 1.23. The molecule has 0 radical (unpaired) electrons. The molecular weight excluding hydrogens is 240 g/mol. The number of likely N-dealkylation sites (N-methyl/N-ethyl adjacent to an activating group) is 1. The largest absolute Gasteiger partial charge is 0.345 e. The van der Waals surface area contributed by atoms with Crippen molar-refractivity contribution in [2.45, 2.75) is 39.5 Å². The number of hydrogen-bond donors (Lipinski definition) is 1. The van der Waals surface area contributed by atoms with E-state index in [0.29, 0.717) is 13.0 Å². The number of carbonyl (C=O) groups excluding carboxylic acids is 1. The van der Waals surface area contributed by atoms with E-state index in [1.54, 1.807) is 11.9 Å².